The van der Waals surface area contributed by atoms with Crippen LogP contribution in [0, 0.1) is 0 Å². The lowest BCUT2D eigenvalue weighted by molar-refractivity contribution is 0.145. The van der Waals surface area contributed by atoms with Crippen LogP contribution in [-0.4, -0.2) is 39.4 Å². The van der Waals surface area contributed by atoms with Crippen molar-refractivity contribution in [2.75, 3.05) is 18.0 Å². The number of aliphatic hydroxyl groups excluding tert-OH is 1. The second-order valence-electron chi connectivity index (χ2n) is 3.46. The Balaban J connectivity index is 2.05. The number of hydrogen-bond donors (Lipinski definition) is 2. The third kappa shape index (κ3) is 1.93. The molecule has 0 aliphatic carbocycles. The molecule has 1 aromatic heterocycles. The molecule has 0 saturated carbocycles. The molecule has 0 amide bonds. The number of aromatic hydroxyl groups is 1. The Bertz CT molecular complexity index is 293. The maximum atomic E-state index is 9.31. The highest BCUT2D eigenvalue weighted by Gasteiger charge is 2.18. The minimum atomic E-state index is -0.191. The fourth-order valence-electron chi connectivity index (χ4n) is 1.54. The Labute approximate surface area is 82.0 Å². The van der Waals surface area contributed by atoms with Gasteiger partial charge in [0.05, 0.1) is 18.5 Å². The zero-order valence-corrected chi connectivity index (χ0v) is 7.80. The van der Waals surface area contributed by atoms with Gasteiger partial charge >= 0.3 is 0 Å². The summed E-state index contributed by atoms with van der Waals surface area (Å²) in [5.41, 5.74) is 0. The van der Waals surface area contributed by atoms with Gasteiger partial charge in [0.15, 0.2) is 5.75 Å². The van der Waals surface area contributed by atoms with Gasteiger partial charge in [0, 0.05) is 13.1 Å². The van der Waals surface area contributed by atoms with Crippen LogP contribution in [0.3, 0.4) is 0 Å². The first-order chi connectivity index (χ1) is 6.75. The molecule has 14 heavy (non-hydrogen) atoms. The maximum Gasteiger partial charge on any atom is 0.225 e. The van der Waals surface area contributed by atoms with Crippen LogP contribution in [0.5, 0.6) is 5.75 Å². The van der Waals surface area contributed by atoms with Gasteiger partial charge in [-0.3, -0.25) is 0 Å². The van der Waals surface area contributed by atoms with Gasteiger partial charge < -0.3 is 15.1 Å². The first-order valence-electron chi connectivity index (χ1n) is 4.70. The van der Waals surface area contributed by atoms with Gasteiger partial charge in [-0.05, 0) is 12.8 Å². The van der Waals surface area contributed by atoms with Crippen LogP contribution < -0.4 is 4.90 Å². The number of nitrogens with zero attached hydrogens (tertiary/aromatic N) is 3. The smallest absolute Gasteiger partial charge is 0.225 e. The van der Waals surface area contributed by atoms with E-state index in [1.807, 2.05) is 4.90 Å². The zero-order chi connectivity index (χ0) is 9.97. The van der Waals surface area contributed by atoms with E-state index in [2.05, 4.69) is 9.97 Å². The molecule has 76 valence electrons. The molecular formula is C9H13N3O2. The van der Waals surface area contributed by atoms with Gasteiger partial charge in [-0.15, -0.1) is 0 Å². The Morgan fingerprint density at radius 1 is 1.21 bits per heavy atom. The van der Waals surface area contributed by atoms with E-state index in [9.17, 15) is 5.11 Å². The highest BCUT2D eigenvalue weighted by Crippen LogP contribution is 2.16. The summed E-state index contributed by atoms with van der Waals surface area (Å²) in [6, 6.07) is 0. The molecule has 1 saturated heterocycles. The average Bonchev–Trinajstić information content (AvgIpc) is 2.21. The number of anilines is 1. The van der Waals surface area contributed by atoms with E-state index >= 15 is 0 Å². The van der Waals surface area contributed by atoms with E-state index in [0.717, 1.165) is 25.9 Å². The van der Waals surface area contributed by atoms with Crippen molar-refractivity contribution in [1.29, 1.82) is 0 Å². The predicted octanol–water partition coefficient (Wildman–Crippen LogP) is 0.143. The standard InChI is InChI=1S/C9H13N3O2/c13-7-1-3-12(4-2-7)9-10-5-8(14)6-11-9/h5-7,13-14H,1-4H2. The van der Waals surface area contributed by atoms with E-state index in [1.54, 1.807) is 0 Å². The van der Waals surface area contributed by atoms with Gasteiger partial charge in [0.1, 0.15) is 0 Å². The first kappa shape index (κ1) is 9.21. The van der Waals surface area contributed by atoms with Crippen LogP contribution in [-0.2, 0) is 0 Å². The summed E-state index contributed by atoms with van der Waals surface area (Å²) in [5.74, 6) is 0.695. The largest absolute Gasteiger partial charge is 0.505 e. The molecule has 5 nitrogen and oxygen atoms in total. The molecule has 0 radical (unpaired) electrons. The number of hydrogen-bond acceptors (Lipinski definition) is 5. The third-order valence-electron chi connectivity index (χ3n) is 2.37. The van der Waals surface area contributed by atoms with Crippen LogP contribution in [0.1, 0.15) is 12.8 Å². The van der Waals surface area contributed by atoms with E-state index in [0.29, 0.717) is 5.95 Å². The van der Waals surface area contributed by atoms with Gasteiger partial charge in [-0.2, -0.15) is 0 Å². The Morgan fingerprint density at radius 3 is 2.36 bits per heavy atom. The Hall–Kier alpha value is -1.36. The summed E-state index contributed by atoms with van der Waals surface area (Å²) in [7, 11) is 0. The topological polar surface area (TPSA) is 69.5 Å². The lowest BCUT2D eigenvalue weighted by Crippen LogP contribution is -2.36. The van der Waals surface area contributed by atoms with Crippen molar-refractivity contribution >= 4 is 5.95 Å². The summed E-state index contributed by atoms with van der Waals surface area (Å²) >= 11 is 0. The molecule has 1 aliphatic rings. The molecule has 0 aromatic carbocycles. The van der Waals surface area contributed by atoms with Crippen molar-refractivity contribution in [3.63, 3.8) is 0 Å². The zero-order valence-electron chi connectivity index (χ0n) is 7.80. The quantitative estimate of drug-likeness (QED) is 0.667. The molecule has 0 unspecified atom stereocenters. The normalized spacial score (nSPS) is 18.5. The summed E-state index contributed by atoms with van der Waals surface area (Å²) < 4.78 is 0. The monoisotopic (exact) mass is 195 g/mol. The molecule has 1 fully saturated rings. The summed E-state index contributed by atoms with van der Waals surface area (Å²) in [6.07, 6.45) is 4.08. The van der Waals surface area contributed by atoms with Crippen molar-refractivity contribution in [3.8, 4) is 5.75 Å². The van der Waals surface area contributed by atoms with Gasteiger partial charge in [-0.1, -0.05) is 0 Å². The van der Waals surface area contributed by atoms with Crippen LogP contribution in [0.4, 0.5) is 5.95 Å². The van der Waals surface area contributed by atoms with Crippen molar-refractivity contribution in [1.82, 2.24) is 9.97 Å². The highest BCUT2D eigenvalue weighted by atomic mass is 16.3. The average molecular weight is 195 g/mol. The molecule has 2 N–H and O–H groups in total. The molecule has 0 atom stereocenters. The van der Waals surface area contributed by atoms with Crippen LogP contribution in [0.2, 0.25) is 0 Å². The minimum Gasteiger partial charge on any atom is -0.505 e. The molecule has 1 aromatic rings. The fraction of sp³-hybridized carbons (Fsp3) is 0.556. The van der Waals surface area contributed by atoms with E-state index in [4.69, 9.17) is 5.11 Å². The van der Waals surface area contributed by atoms with Gasteiger partial charge in [0.2, 0.25) is 5.95 Å². The molecule has 0 bridgehead atoms. The van der Waals surface area contributed by atoms with Crippen molar-refractivity contribution in [2.24, 2.45) is 0 Å². The highest BCUT2D eigenvalue weighted by molar-refractivity contribution is 5.31. The van der Waals surface area contributed by atoms with E-state index < -0.39 is 0 Å². The number of rotatable bonds is 1. The molecule has 5 heteroatoms. The fourth-order valence-corrected chi connectivity index (χ4v) is 1.54. The summed E-state index contributed by atoms with van der Waals surface area (Å²) in [6.45, 7) is 1.54. The van der Waals surface area contributed by atoms with Crippen LogP contribution in [0.25, 0.3) is 0 Å². The first-order valence-corrected chi connectivity index (χ1v) is 4.70. The van der Waals surface area contributed by atoms with Crippen molar-refractivity contribution in [3.05, 3.63) is 12.4 Å². The Kier molecular flexibility index (Phi) is 2.49. The second-order valence-corrected chi connectivity index (χ2v) is 3.46. The van der Waals surface area contributed by atoms with Crippen LogP contribution >= 0.6 is 0 Å². The molecule has 1 aliphatic heterocycles. The number of piperidine rings is 1. The molecule has 2 heterocycles. The number of aliphatic hydroxyl groups is 1. The van der Waals surface area contributed by atoms with Gasteiger partial charge in [0.25, 0.3) is 0 Å². The number of aromatic nitrogens is 2. The summed E-state index contributed by atoms with van der Waals surface area (Å²) in [4.78, 5) is 10.0. The molecular weight excluding hydrogens is 182 g/mol. The Morgan fingerprint density at radius 2 is 1.79 bits per heavy atom. The van der Waals surface area contributed by atoms with Crippen molar-refractivity contribution < 1.29 is 10.2 Å². The van der Waals surface area contributed by atoms with E-state index in [-0.39, 0.29) is 11.9 Å². The molecule has 0 spiro atoms. The predicted molar refractivity (Wildman–Crippen MR) is 51.2 cm³/mol. The minimum absolute atomic E-state index is 0.0748. The summed E-state index contributed by atoms with van der Waals surface area (Å²) in [5, 5.41) is 18.3. The maximum absolute atomic E-state index is 9.31. The third-order valence-corrected chi connectivity index (χ3v) is 2.37. The van der Waals surface area contributed by atoms with Gasteiger partial charge in [-0.25, -0.2) is 9.97 Å². The van der Waals surface area contributed by atoms with Crippen LogP contribution in [0.15, 0.2) is 12.4 Å². The second kappa shape index (κ2) is 3.79. The lowest BCUT2D eigenvalue weighted by Gasteiger charge is -2.29. The SMILES string of the molecule is Oc1cnc(N2CCC(O)CC2)nc1. The van der Waals surface area contributed by atoms with Crippen molar-refractivity contribution in [2.45, 2.75) is 18.9 Å². The lowest BCUT2D eigenvalue weighted by atomic mass is 10.1. The molecule has 2 rings (SSSR count). The van der Waals surface area contributed by atoms with E-state index in [1.165, 1.54) is 12.4 Å².